The van der Waals surface area contributed by atoms with E-state index < -0.39 is 18.1 Å². The lowest BCUT2D eigenvalue weighted by Crippen LogP contribution is -2.30. The van der Waals surface area contributed by atoms with Gasteiger partial charge in [0.15, 0.2) is 6.10 Å². The molecule has 0 bridgehead atoms. The lowest BCUT2D eigenvalue weighted by molar-refractivity contribution is -0.126. The zero-order valence-electron chi connectivity index (χ0n) is 14.5. The molecule has 6 heteroatoms. The van der Waals surface area contributed by atoms with Crippen LogP contribution in [0.15, 0.2) is 36.4 Å². The third-order valence-electron chi connectivity index (χ3n) is 4.38. The largest absolute Gasteiger partial charge is 0.496 e. The highest BCUT2D eigenvalue weighted by atomic mass is 35.5. The minimum atomic E-state index is -1.38. The number of amides is 1. The molecule has 136 valence electrons. The molecule has 3 rings (SSSR count). The van der Waals surface area contributed by atoms with E-state index in [4.69, 9.17) is 16.3 Å². The molecule has 2 aromatic rings. The third kappa shape index (κ3) is 3.60. The lowest BCUT2D eigenvalue weighted by atomic mass is 10.1. The number of halogens is 1. The van der Waals surface area contributed by atoms with Crippen LogP contribution in [0.5, 0.6) is 5.75 Å². The number of hydrogen-bond acceptors (Lipinski definition) is 4. The van der Waals surface area contributed by atoms with Crippen LogP contribution in [-0.2, 0) is 4.79 Å². The van der Waals surface area contributed by atoms with E-state index in [0.717, 1.165) is 16.7 Å². The minimum absolute atomic E-state index is 0.0616. The Hall–Kier alpha value is -2.34. The Bertz CT molecular complexity index is 848. The number of rotatable bonds is 4. The van der Waals surface area contributed by atoms with Crippen LogP contribution in [0.1, 0.15) is 16.7 Å². The van der Waals surface area contributed by atoms with E-state index in [0.29, 0.717) is 16.5 Å². The number of methoxy groups -OCH3 is 1. The zero-order chi connectivity index (χ0) is 18.8. The highest BCUT2D eigenvalue weighted by molar-refractivity contribution is 6.30. The number of ether oxygens (including phenoxy) is 1. The first-order valence-electron chi connectivity index (χ1n) is 8.20. The van der Waals surface area contributed by atoms with Gasteiger partial charge in [0.05, 0.1) is 13.7 Å². The molecule has 2 N–H and O–H groups in total. The third-order valence-corrected chi connectivity index (χ3v) is 4.63. The SMILES string of the molecule is COc1c(C)cc(N2C[C@@H](O)[C@@H](O)C2=O)cc1/C=C/c1ccc(Cl)cc1. The highest BCUT2D eigenvalue weighted by Gasteiger charge is 2.39. The molecule has 26 heavy (non-hydrogen) atoms. The number of aliphatic hydroxyl groups is 2. The molecule has 0 aliphatic carbocycles. The van der Waals surface area contributed by atoms with Gasteiger partial charge >= 0.3 is 0 Å². The van der Waals surface area contributed by atoms with Crippen molar-refractivity contribution in [3.63, 3.8) is 0 Å². The molecule has 1 saturated heterocycles. The summed E-state index contributed by atoms with van der Waals surface area (Å²) < 4.78 is 5.50. The molecule has 2 aromatic carbocycles. The van der Waals surface area contributed by atoms with Gasteiger partial charge in [0.1, 0.15) is 11.9 Å². The van der Waals surface area contributed by atoms with Gasteiger partial charge in [-0.05, 0) is 42.3 Å². The Morgan fingerprint density at radius 2 is 1.88 bits per heavy atom. The average molecular weight is 374 g/mol. The topological polar surface area (TPSA) is 70.0 Å². The number of aryl methyl sites for hydroxylation is 1. The van der Waals surface area contributed by atoms with Gasteiger partial charge in [-0.25, -0.2) is 0 Å². The molecule has 0 unspecified atom stereocenters. The number of nitrogens with zero attached hydrogens (tertiary/aromatic N) is 1. The Kier molecular flexibility index (Phi) is 5.32. The maximum atomic E-state index is 12.2. The summed E-state index contributed by atoms with van der Waals surface area (Å²) >= 11 is 5.91. The van der Waals surface area contributed by atoms with Gasteiger partial charge in [-0.3, -0.25) is 4.79 Å². The summed E-state index contributed by atoms with van der Waals surface area (Å²) in [5, 5.41) is 20.1. The van der Waals surface area contributed by atoms with Gasteiger partial charge in [0, 0.05) is 16.3 Å². The van der Waals surface area contributed by atoms with Crippen molar-refractivity contribution in [3.8, 4) is 5.75 Å². The molecule has 1 heterocycles. The van der Waals surface area contributed by atoms with E-state index in [1.165, 1.54) is 4.90 Å². The molecule has 1 aliphatic heterocycles. The van der Waals surface area contributed by atoms with E-state index in [1.807, 2.05) is 43.3 Å². The van der Waals surface area contributed by atoms with E-state index in [1.54, 1.807) is 19.2 Å². The zero-order valence-corrected chi connectivity index (χ0v) is 15.3. The van der Waals surface area contributed by atoms with Crippen LogP contribution in [0.4, 0.5) is 5.69 Å². The van der Waals surface area contributed by atoms with Crippen LogP contribution in [0.2, 0.25) is 5.02 Å². The summed E-state index contributed by atoms with van der Waals surface area (Å²) in [6.45, 7) is 1.95. The first kappa shape index (κ1) is 18.5. The van der Waals surface area contributed by atoms with Crippen LogP contribution in [0.3, 0.4) is 0 Å². The van der Waals surface area contributed by atoms with E-state index in [-0.39, 0.29) is 6.54 Å². The first-order chi connectivity index (χ1) is 12.4. The molecule has 0 radical (unpaired) electrons. The van der Waals surface area contributed by atoms with Crippen LogP contribution in [0.25, 0.3) is 12.2 Å². The molecular weight excluding hydrogens is 354 g/mol. The Morgan fingerprint density at radius 3 is 2.46 bits per heavy atom. The van der Waals surface area contributed by atoms with Crippen molar-refractivity contribution in [1.29, 1.82) is 0 Å². The van der Waals surface area contributed by atoms with Gasteiger partial charge in [0.25, 0.3) is 5.91 Å². The number of aliphatic hydroxyl groups excluding tert-OH is 2. The smallest absolute Gasteiger partial charge is 0.258 e. The fourth-order valence-corrected chi connectivity index (χ4v) is 3.16. The van der Waals surface area contributed by atoms with Crippen molar-refractivity contribution in [3.05, 3.63) is 58.1 Å². The normalized spacial score (nSPS) is 20.2. The average Bonchev–Trinajstić information content (AvgIpc) is 2.88. The fourth-order valence-electron chi connectivity index (χ4n) is 3.03. The standard InChI is InChI=1S/C20H20ClNO4/c1-12-9-16(22-11-17(23)18(24)20(22)25)10-14(19(12)26-2)6-3-13-4-7-15(21)8-5-13/h3-10,17-18,23-24H,11H2,1-2H3/b6-3+/t17-,18-/m1/s1. The van der Waals surface area contributed by atoms with Gasteiger partial charge in [-0.2, -0.15) is 0 Å². The number of carbonyl (C=O) groups is 1. The second-order valence-corrected chi connectivity index (χ2v) is 6.67. The fraction of sp³-hybridized carbons (Fsp3) is 0.250. The number of carbonyl (C=O) groups excluding carboxylic acids is 1. The summed E-state index contributed by atoms with van der Waals surface area (Å²) in [6.07, 6.45) is 1.35. The van der Waals surface area contributed by atoms with Crippen LogP contribution in [-0.4, -0.2) is 42.0 Å². The Morgan fingerprint density at radius 1 is 1.19 bits per heavy atom. The summed E-state index contributed by atoms with van der Waals surface area (Å²) in [6, 6.07) is 11.0. The number of hydrogen-bond donors (Lipinski definition) is 2. The van der Waals surface area contributed by atoms with Crippen molar-refractivity contribution in [2.75, 3.05) is 18.6 Å². The highest BCUT2D eigenvalue weighted by Crippen LogP contribution is 2.33. The van der Waals surface area contributed by atoms with Gasteiger partial charge < -0.3 is 19.8 Å². The van der Waals surface area contributed by atoms with Crippen molar-refractivity contribution < 1.29 is 19.7 Å². The molecule has 5 nitrogen and oxygen atoms in total. The summed E-state index contributed by atoms with van der Waals surface area (Å²) in [5.41, 5.74) is 3.23. The maximum absolute atomic E-state index is 12.2. The molecular formula is C20H20ClNO4. The predicted octanol–water partition coefficient (Wildman–Crippen LogP) is 2.90. The van der Waals surface area contributed by atoms with Crippen molar-refractivity contribution >= 4 is 35.3 Å². The number of anilines is 1. The van der Waals surface area contributed by atoms with Gasteiger partial charge in [-0.15, -0.1) is 0 Å². The van der Waals surface area contributed by atoms with Gasteiger partial charge in [0.2, 0.25) is 0 Å². The first-order valence-corrected chi connectivity index (χ1v) is 8.58. The predicted molar refractivity (Wildman–Crippen MR) is 102 cm³/mol. The molecule has 1 aliphatic rings. The molecule has 1 fully saturated rings. The van der Waals surface area contributed by atoms with Crippen LogP contribution in [0, 0.1) is 6.92 Å². The van der Waals surface area contributed by atoms with E-state index in [2.05, 4.69) is 0 Å². The monoisotopic (exact) mass is 373 g/mol. The molecule has 2 atom stereocenters. The lowest BCUT2D eigenvalue weighted by Gasteiger charge is -2.19. The number of β-amino-alcohol motifs (C(OH)–C–C–N with tert-alkyl or cyclic N) is 1. The summed E-state index contributed by atoms with van der Waals surface area (Å²) in [5.74, 6) is 0.196. The summed E-state index contributed by atoms with van der Waals surface area (Å²) in [4.78, 5) is 13.5. The molecule has 0 spiro atoms. The minimum Gasteiger partial charge on any atom is -0.496 e. The quantitative estimate of drug-likeness (QED) is 0.808. The Labute approximate surface area is 157 Å². The van der Waals surface area contributed by atoms with Crippen molar-refractivity contribution in [2.45, 2.75) is 19.1 Å². The molecule has 1 amide bonds. The van der Waals surface area contributed by atoms with Crippen molar-refractivity contribution in [2.24, 2.45) is 0 Å². The van der Waals surface area contributed by atoms with E-state index in [9.17, 15) is 15.0 Å². The van der Waals surface area contributed by atoms with E-state index >= 15 is 0 Å². The number of benzene rings is 2. The molecule has 0 saturated carbocycles. The second-order valence-electron chi connectivity index (χ2n) is 6.23. The molecule has 0 aromatic heterocycles. The second kappa shape index (κ2) is 7.50. The van der Waals surface area contributed by atoms with Crippen LogP contribution >= 0.6 is 11.6 Å². The van der Waals surface area contributed by atoms with Crippen LogP contribution < -0.4 is 9.64 Å². The van der Waals surface area contributed by atoms with Crippen molar-refractivity contribution in [1.82, 2.24) is 0 Å². The maximum Gasteiger partial charge on any atom is 0.258 e. The summed E-state index contributed by atoms with van der Waals surface area (Å²) in [7, 11) is 1.59. The van der Waals surface area contributed by atoms with Gasteiger partial charge in [-0.1, -0.05) is 35.9 Å². The Balaban J connectivity index is 1.97.